The van der Waals surface area contributed by atoms with Crippen molar-refractivity contribution in [3.05, 3.63) is 35.9 Å². The molecule has 0 atom stereocenters. The Labute approximate surface area is 92.5 Å². The molecule has 1 fully saturated rings. The normalized spacial score (nSPS) is 19.3. The van der Waals surface area contributed by atoms with Gasteiger partial charge in [-0.05, 0) is 25.1 Å². The summed E-state index contributed by atoms with van der Waals surface area (Å²) in [6.07, 6.45) is 1.15. The SMILES string of the molecule is CN1CCN(CCc2c[c]ccc2)CC1. The first-order valence-corrected chi connectivity index (χ1v) is 5.70. The fourth-order valence-electron chi connectivity index (χ4n) is 1.94. The third-order valence-electron chi connectivity index (χ3n) is 3.08. The Hall–Kier alpha value is -0.860. The van der Waals surface area contributed by atoms with Crippen molar-refractivity contribution in [2.24, 2.45) is 0 Å². The van der Waals surface area contributed by atoms with E-state index in [2.05, 4.69) is 41.1 Å². The molecule has 1 heterocycles. The second-order valence-corrected chi connectivity index (χ2v) is 4.31. The smallest absolute Gasteiger partial charge is 0.0110 e. The van der Waals surface area contributed by atoms with E-state index in [0.29, 0.717) is 0 Å². The molecule has 1 aromatic carbocycles. The third kappa shape index (κ3) is 3.33. The predicted octanol–water partition coefficient (Wildman–Crippen LogP) is 1.28. The van der Waals surface area contributed by atoms with Crippen LogP contribution in [0.3, 0.4) is 0 Å². The van der Waals surface area contributed by atoms with Gasteiger partial charge in [-0.2, -0.15) is 0 Å². The summed E-state index contributed by atoms with van der Waals surface area (Å²) in [5, 5.41) is 0. The predicted molar refractivity (Wildman–Crippen MR) is 62.9 cm³/mol. The average molecular weight is 203 g/mol. The number of rotatable bonds is 3. The van der Waals surface area contributed by atoms with E-state index < -0.39 is 0 Å². The quantitative estimate of drug-likeness (QED) is 0.730. The Balaban J connectivity index is 1.74. The minimum absolute atomic E-state index is 1.15. The molecule has 0 aliphatic carbocycles. The number of hydrogen-bond acceptors (Lipinski definition) is 2. The van der Waals surface area contributed by atoms with E-state index in [1.54, 1.807) is 0 Å². The van der Waals surface area contributed by atoms with Gasteiger partial charge in [-0.3, -0.25) is 0 Å². The molecule has 0 amide bonds. The van der Waals surface area contributed by atoms with Crippen molar-refractivity contribution in [3.8, 4) is 0 Å². The highest BCUT2D eigenvalue weighted by atomic mass is 15.2. The standard InChI is InChI=1S/C13H19N2/c1-14-9-11-15(12-10-14)8-7-13-5-3-2-4-6-13/h2-3,5-6H,7-12H2,1H3. The lowest BCUT2D eigenvalue weighted by Crippen LogP contribution is -2.45. The zero-order chi connectivity index (χ0) is 10.5. The molecule has 15 heavy (non-hydrogen) atoms. The van der Waals surface area contributed by atoms with Gasteiger partial charge in [0.05, 0.1) is 0 Å². The average Bonchev–Trinajstić information content (AvgIpc) is 2.30. The first-order chi connectivity index (χ1) is 7.34. The van der Waals surface area contributed by atoms with Crippen LogP contribution in [0.2, 0.25) is 0 Å². The van der Waals surface area contributed by atoms with Gasteiger partial charge in [-0.25, -0.2) is 0 Å². The summed E-state index contributed by atoms with van der Waals surface area (Å²) >= 11 is 0. The molecule has 81 valence electrons. The van der Waals surface area contributed by atoms with Gasteiger partial charge in [-0.1, -0.05) is 24.3 Å². The molecule has 2 nitrogen and oxygen atoms in total. The second kappa shape index (κ2) is 5.29. The van der Waals surface area contributed by atoms with Crippen LogP contribution in [0.15, 0.2) is 24.3 Å². The van der Waals surface area contributed by atoms with E-state index in [-0.39, 0.29) is 0 Å². The molecule has 1 aliphatic heterocycles. The summed E-state index contributed by atoms with van der Waals surface area (Å²) in [6.45, 7) is 6.04. The lowest BCUT2D eigenvalue weighted by molar-refractivity contribution is 0.155. The Bertz CT molecular complexity index is 276. The molecule has 1 radical (unpaired) electrons. The summed E-state index contributed by atoms with van der Waals surface area (Å²) < 4.78 is 0. The molecule has 2 rings (SSSR count). The van der Waals surface area contributed by atoms with Crippen LogP contribution in [0.1, 0.15) is 5.56 Å². The van der Waals surface area contributed by atoms with E-state index in [4.69, 9.17) is 0 Å². The van der Waals surface area contributed by atoms with E-state index in [0.717, 1.165) is 6.42 Å². The van der Waals surface area contributed by atoms with Crippen LogP contribution >= 0.6 is 0 Å². The summed E-state index contributed by atoms with van der Waals surface area (Å²) in [4.78, 5) is 4.94. The molecule has 1 aromatic rings. The van der Waals surface area contributed by atoms with Crippen LogP contribution in [0, 0.1) is 6.07 Å². The lowest BCUT2D eigenvalue weighted by Gasteiger charge is -2.32. The van der Waals surface area contributed by atoms with Gasteiger partial charge in [0.2, 0.25) is 0 Å². The number of piperazine rings is 1. The Morgan fingerprint density at radius 1 is 1.27 bits per heavy atom. The molecule has 2 heteroatoms. The van der Waals surface area contributed by atoms with Crippen molar-refractivity contribution < 1.29 is 0 Å². The third-order valence-corrected chi connectivity index (χ3v) is 3.08. The Morgan fingerprint density at radius 2 is 2.07 bits per heavy atom. The highest BCUT2D eigenvalue weighted by molar-refractivity contribution is 5.13. The molecule has 0 spiro atoms. The van der Waals surface area contributed by atoms with Gasteiger partial charge >= 0.3 is 0 Å². The van der Waals surface area contributed by atoms with Crippen LogP contribution < -0.4 is 0 Å². The minimum atomic E-state index is 1.15. The molecular formula is C13H19N2. The van der Waals surface area contributed by atoms with E-state index in [9.17, 15) is 0 Å². The van der Waals surface area contributed by atoms with E-state index >= 15 is 0 Å². The molecule has 0 N–H and O–H groups in total. The Kier molecular flexibility index (Phi) is 3.75. The van der Waals surface area contributed by atoms with E-state index in [1.807, 2.05) is 6.07 Å². The zero-order valence-corrected chi connectivity index (χ0v) is 9.45. The molecule has 0 aromatic heterocycles. The second-order valence-electron chi connectivity index (χ2n) is 4.31. The summed E-state index contributed by atoms with van der Waals surface area (Å²) in [7, 11) is 2.20. The number of benzene rings is 1. The molecule has 1 saturated heterocycles. The van der Waals surface area contributed by atoms with Crippen LogP contribution in [-0.2, 0) is 6.42 Å². The van der Waals surface area contributed by atoms with Crippen molar-refractivity contribution in [2.45, 2.75) is 6.42 Å². The van der Waals surface area contributed by atoms with Gasteiger partial charge in [0.1, 0.15) is 0 Å². The van der Waals surface area contributed by atoms with Gasteiger partial charge in [0.15, 0.2) is 0 Å². The highest BCUT2D eigenvalue weighted by Crippen LogP contribution is 2.03. The zero-order valence-electron chi connectivity index (χ0n) is 9.45. The van der Waals surface area contributed by atoms with Crippen molar-refractivity contribution in [1.29, 1.82) is 0 Å². The number of nitrogens with zero attached hydrogens (tertiary/aromatic N) is 2. The maximum atomic E-state index is 3.13. The topological polar surface area (TPSA) is 6.48 Å². The van der Waals surface area contributed by atoms with Gasteiger partial charge in [0.25, 0.3) is 0 Å². The first kappa shape index (κ1) is 10.7. The van der Waals surface area contributed by atoms with Crippen LogP contribution in [0.25, 0.3) is 0 Å². The molecule has 0 unspecified atom stereocenters. The van der Waals surface area contributed by atoms with Crippen molar-refractivity contribution in [3.63, 3.8) is 0 Å². The molecule has 1 aliphatic rings. The minimum Gasteiger partial charge on any atom is -0.304 e. The van der Waals surface area contributed by atoms with Crippen LogP contribution in [-0.4, -0.2) is 49.6 Å². The van der Waals surface area contributed by atoms with Crippen LogP contribution in [0.4, 0.5) is 0 Å². The van der Waals surface area contributed by atoms with E-state index in [1.165, 1.54) is 38.3 Å². The largest absolute Gasteiger partial charge is 0.304 e. The monoisotopic (exact) mass is 203 g/mol. The Morgan fingerprint density at radius 3 is 2.73 bits per heavy atom. The van der Waals surface area contributed by atoms with Gasteiger partial charge < -0.3 is 9.80 Å². The van der Waals surface area contributed by atoms with Crippen molar-refractivity contribution in [1.82, 2.24) is 9.80 Å². The maximum absolute atomic E-state index is 3.13. The fraction of sp³-hybridized carbons (Fsp3) is 0.538. The lowest BCUT2D eigenvalue weighted by atomic mass is 10.1. The summed E-state index contributed by atoms with van der Waals surface area (Å²) in [6, 6.07) is 11.4. The maximum Gasteiger partial charge on any atom is 0.0110 e. The van der Waals surface area contributed by atoms with Gasteiger partial charge in [0, 0.05) is 32.7 Å². The molecular weight excluding hydrogens is 184 g/mol. The molecule has 0 saturated carbocycles. The highest BCUT2D eigenvalue weighted by Gasteiger charge is 2.12. The van der Waals surface area contributed by atoms with Crippen molar-refractivity contribution >= 4 is 0 Å². The summed E-state index contributed by atoms with van der Waals surface area (Å²) in [5.41, 5.74) is 1.40. The first-order valence-electron chi connectivity index (χ1n) is 5.70. The summed E-state index contributed by atoms with van der Waals surface area (Å²) in [5.74, 6) is 0. The van der Waals surface area contributed by atoms with Crippen LogP contribution in [0.5, 0.6) is 0 Å². The number of likely N-dealkylation sites (N-methyl/N-ethyl adjacent to an activating group) is 1. The van der Waals surface area contributed by atoms with Crippen molar-refractivity contribution in [2.75, 3.05) is 39.8 Å². The number of hydrogen-bond donors (Lipinski definition) is 0. The fourth-order valence-corrected chi connectivity index (χ4v) is 1.94. The molecule has 0 bridgehead atoms. The van der Waals surface area contributed by atoms with Gasteiger partial charge in [-0.15, -0.1) is 0 Å².